The van der Waals surface area contributed by atoms with E-state index in [0.717, 1.165) is 32.4 Å². The van der Waals surface area contributed by atoms with Gasteiger partial charge in [-0.05, 0) is 49.8 Å². The molecule has 0 bridgehead atoms. The van der Waals surface area contributed by atoms with Gasteiger partial charge in [0.05, 0.1) is 0 Å². The largest absolute Gasteiger partial charge is 0.481 e. The van der Waals surface area contributed by atoms with Crippen molar-refractivity contribution >= 4 is 11.8 Å². The molecule has 2 amide bonds. The number of amides is 2. The van der Waals surface area contributed by atoms with Crippen molar-refractivity contribution in [3.05, 3.63) is 29.8 Å². The van der Waals surface area contributed by atoms with Crippen LogP contribution in [0.4, 0.5) is 0 Å². The Kier molecular flexibility index (Phi) is 7.49. The summed E-state index contributed by atoms with van der Waals surface area (Å²) < 4.78 is 5.77. The van der Waals surface area contributed by atoms with Gasteiger partial charge < -0.3 is 15.0 Å². The van der Waals surface area contributed by atoms with Crippen LogP contribution in [0.25, 0.3) is 0 Å². The smallest absolute Gasteiger partial charge is 0.260 e. The first-order valence-corrected chi connectivity index (χ1v) is 9.75. The minimum atomic E-state index is -0.542. The predicted octanol–water partition coefficient (Wildman–Crippen LogP) is 3.48. The molecule has 1 aliphatic rings. The fraction of sp³-hybridized carbons (Fsp3) is 0.619. The van der Waals surface area contributed by atoms with Crippen LogP contribution < -0.4 is 10.1 Å². The molecule has 1 aromatic rings. The molecule has 1 aromatic carbocycles. The number of ether oxygens (including phenoxy) is 1. The van der Waals surface area contributed by atoms with Crippen LogP contribution in [-0.4, -0.2) is 41.9 Å². The lowest BCUT2D eigenvalue weighted by Gasteiger charge is -2.33. The van der Waals surface area contributed by atoms with Crippen molar-refractivity contribution in [3.63, 3.8) is 0 Å². The molecule has 1 atom stereocenters. The lowest BCUT2D eigenvalue weighted by molar-refractivity contribution is -0.132. The summed E-state index contributed by atoms with van der Waals surface area (Å²) in [6, 6.07) is 8.01. The average Bonchev–Trinajstić information content (AvgIpc) is 2.63. The topological polar surface area (TPSA) is 58.6 Å². The van der Waals surface area contributed by atoms with E-state index in [1.807, 2.05) is 36.1 Å². The molecule has 1 aliphatic heterocycles. The second kappa shape index (κ2) is 9.60. The van der Waals surface area contributed by atoms with Gasteiger partial charge in [-0.25, -0.2) is 0 Å². The van der Waals surface area contributed by atoms with E-state index in [1.54, 1.807) is 6.92 Å². The summed E-state index contributed by atoms with van der Waals surface area (Å²) in [6.07, 6.45) is 2.55. The highest BCUT2D eigenvalue weighted by atomic mass is 16.5. The number of carbonyl (C=O) groups is 2. The van der Waals surface area contributed by atoms with E-state index in [0.29, 0.717) is 18.1 Å². The third-order valence-corrected chi connectivity index (χ3v) is 4.89. The van der Waals surface area contributed by atoms with E-state index >= 15 is 0 Å². The standard InChI is InChI=1S/C21H32N2O3/c1-5-6-20(24)23-13-11-18(12-14-23)22-21(25)16(4)26-19-9-7-17(8-10-19)15(2)3/h7-10,15-16,18H,5-6,11-14H2,1-4H3,(H,22,25). The van der Waals surface area contributed by atoms with Gasteiger partial charge in [0.25, 0.3) is 5.91 Å². The summed E-state index contributed by atoms with van der Waals surface area (Å²) in [6.45, 7) is 9.51. The highest BCUT2D eigenvalue weighted by molar-refractivity contribution is 5.81. The number of benzene rings is 1. The lowest BCUT2D eigenvalue weighted by Crippen LogP contribution is -2.49. The van der Waals surface area contributed by atoms with Gasteiger partial charge in [-0.2, -0.15) is 0 Å². The first kappa shape index (κ1) is 20.3. The van der Waals surface area contributed by atoms with E-state index in [4.69, 9.17) is 4.74 Å². The molecule has 5 heteroatoms. The van der Waals surface area contributed by atoms with E-state index in [9.17, 15) is 9.59 Å². The zero-order valence-corrected chi connectivity index (χ0v) is 16.5. The Bertz CT molecular complexity index is 590. The number of nitrogens with zero attached hydrogens (tertiary/aromatic N) is 1. The van der Waals surface area contributed by atoms with Crippen molar-refractivity contribution in [1.29, 1.82) is 0 Å². The number of rotatable bonds is 7. The summed E-state index contributed by atoms with van der Waals surface area (Å²) >= 11 is 0. The second-order valence-electron chi connectivity index (χ2n) is 7.40. The fourth-order valence-corrected chi connectivity index (χ4v) is 3.15. The van der Waals surface area contributed by atoms with Crippen LogP contribution in [-0.2, 0) is 9.59 Å². The molecule has 1 heterocycles. The maximum absolute atomic E-state index is 12.4. The van der Waals surface area contributed by atoms with Crippen molar-refractivity contribution in [1.82, 2.24) is 10.2 Å². The monoisotopic (exact) mass is 360 g/mol. The first-order valence-electron chi connectivity index (χ1n) is 9.75. The molecule has 5 nitrogen and oxygen atoms in total. The highest BCUT2D eigenvalue weighted by Crippen LogP contribution is 2.19. The van der Waals surface area contributed by atoms with Gasteiger partial charge in [-0.15, -0.1) is 0 Å². The number of likely N-dealkylation sites (tertiary alicyclic amines) is 1. The zero-order chi connectivity index (χ0) is 19.1. The minimum Gasteiger partial charge on any atom is -0.481 e. The minimum absolute atomic E-state index is 0.101. The van der Waals surface area contributed by atoms with Gasteiger partial charge in [-0.1, -0.05) is 32.9 Å². The average molecular weight is 360 g/mol. The third kappa shape index (κ3) is 5.75. The normalized spacial score (nSPS) is 16.4. The van der Waals surface area contributed by atoms with Crippen molar-refractivity contribution in [2.75, 3.05) is 13.1 Å². The second-order valence-corrected chi connectivity index (χ2v) is 7.40. The lowest BCUT2D eigenvalue weighted by atomic mass is 10.0. The van der Waals surface area contributed by atoms with Gasteiger partial charge in [0.1, 0.15) is 5.75 Å². The van der Waals surface area contributed by atoms with Crippen LogP contribution in [0, 0.1) is 0 Å². The van der Waals surface area contributed by atoms with Crippen LogP contribution in [0.5, 0.6) is 5.75 Å². The summed E-state index contributed by atoms with van der Waals surface area (Å²) in [7, 11) is 0. The van der Waals surface area contributed by atoms with E-state index in [-0.39, 0.29) is 17.9 Å². The van der Waals surface area contributed by atoms with Crippen LogP contribution in [0.1, 0.15) is 64.9 Å². The molecule has 0 aliphatic carbocycles. The van der Waals surface area contributed by atoms with E-state index < -0.39 is 6.10 Å². The molecule has 144 valence electrons. The summed E-state index contributed by atoms with van der Waals surface area (Å²) in [5, 5.41) is 3.06. The summed E-state index contributed by atoms with van der Waals surface area (Å²) in [5.74, 6) is 1.30. The molecule has 0 aromatic heterocycles. The van der Waals surface area contributed by atoms with Gasteiger partial charge in [0.15, 0.2) is 6.10 Å². The Morgan fingerprint density at radius 1 is 1.15 bits per heavy atom. The summed E-state index contributed by atoms with van der Waals surface area (Å²) in [4.78, 5) is 26.2. The summed E-state index contributed by atoms with van der Waals surface area (Å²) in [5.41, 5.74) is 1.25. The number of hydrogen-bond acceptors (Lipinski definition) is 3. The maximum atomic E-state index is 12.4. The van der Waals surface area contributed by atoms with Gasteiger partial charge in [0.2, 0.25) is 5.91 Å². The quantitative estimate of drug-likeness (QED) is 0.810. The Balaban J connectivity index is 1.78. The van der Waals surface area contributed by atoms with Gasteiger partial charge in [-0.3, -0.25) is 9.59 Å². The molecule has 1 saturated heterocycles. The number of nitrogens with one attached hydrogen (secondary N) is 1. The highest BCUT2D eigenvalue weighted by Gasteiger charge is 2.25. The SMILES string of the molecule is CCCC(=O)N1CCC(NC(=O)C(C)Oc2ccc(C(C)C)cc2)CC1. The van der Waals surface area contributed by atoms with Crippen molar-refractivity contribution in [3.8, 4) is 5.75 Å². The Hall–Kier alpha value is -2.04. The molecule has 1 unspecified atom stereocenters. The molecule has 2 rings (SSSR count). The van der Waals surface area contributed by atoms with Crippen LogP contribution in [0.2, 0.25) is 0 Å². The first-order chi connectivity index (χ1) is 12.4. The molecular formula is C21H32N2O3. The van der Waals surface area contributed by atoms with Crippen molar-refractivity contribution in [2.24, 2.45) is 0 Å². The number of carbonyl (C=O) groups excluding carboxylic acids is 2. The fourth-order valence-electron chi connectivity index (χ4n) is 3.15. The molecule has 26 heavy (non-hydrogen) atoms. The van der Waals surface area contributed by atoms with Crippen LogP contribution in [0.3, 0.4) is 0 Å². The Morgan fingerprint density at radius 3 is 2.31 bits per heavy atom. The van der Waals surface area contributed by atoms with Crippen molar-refractivity contribution < 1.29 is 14.3 Å². The molecule has 0 spiro atoms. The number of piperidine rings is 1. The molecule has 1 N–H and O–H groups in total. The molecule has 1 fully saturated rings. The van der Waals surface area contributed by atoms with Gasteiger partial charge in [0, 0.05) is 25.6 Å². The molecule has 0 saturated carbocycles. The zero-order valence-electron chi connectivity index (χ0n) is 16.5. The molecule has 0 radical (unpaired) electrons. The third-order valence-electron chi connectivity index (χ3n) is 4.89. The molecular weight excluding hydrogens is 328 g/mol. The predicted molar refractivity (Wildman–Crippen MR) is 103 cm³/mol. The van der Waals surface area contributed by atoms with Gasteiger partial charge >= 0.3 is 0 Å². The van der Waals surface area contributed by atoms with Crippen LogP contribution >= 0.6 is 0 Å². The number of hydrogen-bond donors (Lipinski definition) is 1. The van der Waals surface area contributed by atoms with E-state index in [2.05, 4.69) is 19.2 Å². The van der Waals surface area contributed by atoms with Crippen molar-refractivity contribution in [2.45, 2.75) is 71.4 Å². The van der Waals surface area contributed by atoms with Crippen LogP contribution in [0.15, 0.2) is 24.3 Å². The maximum Gasteiger partial charge on any atom is 0.260 e. The Labute approximate surface area is 157 Å². The van der Waals surface area contributed by atoms with E-state index in [1.165, 1.54) is 5.56 Å². The Morgan fingerprint density at radius 2 is 1.77 bits per heavy atom.